The molecule has 78 valence electrons. The summed E-state index contributed by atoms with van der Waals surface area (Å²) in [5, 5.41) is 18.1. The number of aromatic hydroxyl groups is 1. The Morgan fingerprint density at radius 1 is 1.57 bits per heavy atom. The molecule has 0 saturated heterocycles. The van der Waals surface area contributed by atoms with E-state index in [1.165, 1.54) is 13.2 Å². The average molecular weight is 201 g/mol. The lowest BCUT2D eigenvalue weighted by atomic mass is 10.1. The topological polar surface area (TPSA) is 75.7 Å². The van der Waals surface area contributed by atoms with E-state index in [1.807, 2.05) is 0 Å². The Bertz CT molecular complexity index is 330. The summed E-state index contributed by atoms with van der Waals surface area (Å²) in [6.45, 7) is -0.304. The van der Waals surface area contributed by atoms with Crippen molar-refractivity contribution in [2.75, 3.05) is 13.7 Å². The summed E-state index contributed by atoms with van der Waals surface area (Å²) < 4.78 is 17.7. The first-order valence-electron chi connectivity index (χ1n) is 4.03. The molecule has 1 unspecified atom stereocenters. The number of hydrogen-bond acceptors (Lipinski definition) is 4. The third-order valence-electron chi connectivity index (χ3n) is 1.91. The molecule has 0 bridgehead atoms. The highest BCUT2D eigenvalue weighted by atomic mass is 19.1. The van der Waals surface area contributed by atoms with Crippen molar-refractivity contribution in [2.45, 2.75) is 6.04 Å². The molecule has 0 aliphatic heterocycles. The lowest BCUT2D eigenvalue weighted by Crippen LogP contribution is -2.15. The highest BCUT2D eigenvalue weighted by Crippen LogP contribution is 2.35. The van der Waals surface area contributed by atoms with Crippen molar-refractivity contribution in [3.8, 4) is 11.5 Å². The van der Waals surface area contributed by atoms with Crippen molar-refractivity contribution in [1.82, 2.24) is 0 Å². The molecule has 1 rings (SSSR count). The van der Waals surface area contributed by atoms with Gasteiger partial charge in [0.1, 0.15) is 0 Å². The van der Waals surface area contributed by atoms with Crippen molar-refractivity contribution in [3.05, 3.63) is 23.5 Å². The predicted octanol–water partition coefficient (Wildman–Crippen LogP) is 0.532. The van der Waals surface area contributed by atoms with E-state index in [-0.39, 0.29) is 12.4 Å². The van der Waals surface area contributed by atoms with E-state index in [9.17, 15) is 9.50 Å². The van der Waals surface area contributed by atoms with Crippen molar-refractivity contribution >= 4 is 0 Å². The van der Waals surface area contributed by atoms with Crippen molar-refractivity contribution in [2.24, 2.45) is 5.73 Å². The van der Waals surface area contributed by atoms with Gasteiger partial charge < -0.3 is 20.7 Å². The monoisotopic (exact) mass is 201 g/mol. The molecule has 4 N–H and O–H groups in total. The third kappa shape index (κ3) is 1.78. The van der Waals surface area contributed by atoms with Crippen molar-refractivity contribution in [1.29, 1.82) is 0 Å². The second-order valence-electron chi connectivity index (χ2n) is 2.81. The molecule has 0 aromatic heterocycles. The normalized spacial score (nSPS) is 12.6. The van der Waals surface area contributed by atoms with Crippen LogP contribution >= 0.6 is 0 Å². The molecule has 0 heterocycles. The Morgan fingerprint density at radius 2 is 2.21 bits per heavy atom. The summed E-state index contributed by atoms with van der Waals surface area (Å²) in [6, 6.07) is 1.74. The molecule has 1 atom stereocenters. The van der Waals surface area contributed by atoms with Gasteiger partial charge in [-0.2, -0.15) is 0 Å². The zero-order valence-electron chi connectivity index (χ0n) is 7.70. The van der Waals surface area contributed by atoms with Gasteiger partial charge in [0.25, 0.3) is 0 Å². The molecular weight excluding hydrogens is 189 g/mol. The minimum atomic E-state index is -0.782. The van der Waals surface area contributed by atoms with Gasteiger partial charge in [-0.05, 0) is 6.07 Å². The number of benzene rings is 1. The molecule has 14 heavy (non-hydrogen) atoms. The summed E-state index contributed by atoms with van der Waals surface area (Å²) in [6.07, 6.45) is 0. The van der Waals surface area contributed by atoms with Crippen LogP contribution < -0.4 is 10.5 Å². The van der Waals surface area contributed by atoms with Crippen LogP contribution in [0.3, 0.4) is 0 Å². The summed E-state index contributed by atoms with van der Waals surface area (Å²) in [5.74, 6) is -1.41. The number of rotatable bonds is 3. The fraction of sp³-hybridized carbons (Fsp3) is 0.333. The van der Waals surface area contributed by atoms with Crippen LogP contribution in [0.5, 0.6) is 11.5 Å². The first-order chi connectivity index (χ1) is 6.61. The molecule has 0 aliphatic carbocycles. The van der Waals surface area contributed by atoms with Gasteiger partial charge in [-0.15, -0.1) is 0 Å². The van der Waals surface area contributed by atoms with Crippen LogP contribution in [0.4, 0.5) is 4.39 Å². The molecule has 0 amide bonds. The number of halogens is 1. The molecule has 1 aromatic rings. The van der Waals surface area contributed by atoms with Gasteiger partial charge in [0.2, 0.25) is 0 Å². The Morgan fingerprint density at radius 3 is 2.71 bits per heavy atom. The van der Waals surface area contributed by atoms with Crippen LogP contribution in [0, 0.1) is 5.82 Å². The smallest absolute Gasteiger partial charge is 0.194 e. The van der Waals surface area contributed by atoms with E-state index in [0.717, 1.165) is 6.07 Å². The molecule has 5 heteroatoms. The maximum Gasteiger partial charge on any atom is 0.194 e. The second-order valence-corrected chi connectivity index (χ2v) is 2.81. The van der Waals surface area contributed by atoms with Crippen molar-refractivity contribution < 1.29 is 19.3 Å². The third-order valence-corrected chi connectivity index (χ3v) is 1.91. The number of hydrogen-bond donors (Lipinski definition) is 3. The fourth-order valence-corrected chi connectivity index (χ4v) is 1.17. The zero-order chi connectivity index (χ0) is 10.7. The fourth-order valence-electron chi connectivity index (χ4n) is 1.17. The van der Waals surface area contributed by atoms with Crippen LogP contribution in [0.15, 0.2) is 12.1 Å². The lowest BCUT2D eigenvalue weighted by molar-refractivity contribution is 0.262. The van der Waals surface area contributed by atoms with Gasteiger partial charge in [-0.1, -0.05) is 6.07 Å². The molecule has 4 nitrogen and oxygen atoms in total. The second kappa shape index (κ2) is 4.26. The summed E-state index contributed by atoms with van der Waals surface area (Å²) in [5.41, 5.74) is 5.90. The Kier molecular flexibility index (Phi) is 3.27. The van der Waals surface area contributed by atoms with E-state index in [0.29, 0.717) is 5.56 Å². The Hall–Kier alpha value is -1.33. The molecular formula is C9H12FNO3. The van der Waals surface area contributed by atoms with Gasteiger partial charge in [-0.25, -0.2) is 4.39 Å². The van der Waals surface area contributed by atoms with Gasteiger partial charge in [0.15, 0.2) is 17.3 Å². The standard InChI is InChI=1S/C9H12FNO3/c1-14-9-5(7(11)4-12)2-3-6(10)8(9)13/h2-3,7,12-13H,4,11H2,1H3. The number of aliphatic hydroxyl groups is 1. The van der Waals surface area contributed by atoms with Crippen LogP contribution in [-0.4, -0.2) is 23.9 Å². The zero-order valence-corrected chi connectivity index (χ0v) is 7.70. The average Bonchev–Trinajstić information content (AvgIpc) is 2.20. The van der Waals surface area contributed by atoms with E-state index in [1.54, 1.807) is 0 Å². The molecule has 1 aromatic carbocycles. The summed E-state index contributed by atoms with van der Waals surface area (Å²) in [7, 11) is 1.29. The molecule has 0 saturated carbocycles. The number of phenols is 1. The van der Waals surface area contributed by atoms with Crippen molar-refractivity contribution in [3.63, 3.8) is 0 Å². The van der Waals surface area contributed by atoms with Gasteiger partial charge in [0.05, 0.1) is 19.8 Å². The lowest BCUT2D eigenvalue weighted by Gasteiger charge is -2.14. The number of nitrogens with two attached hydrogens (primary N) is 1. The minimum absolute atomic E-state index is 0.0356. The van der Waals surface area contributed by atoms with Crippen LogP contribution in [0.25, 0.3) is 0 Å². The van der Waals surface area contributed by atoms with E-state index >= 15 is 0 Å². The Balaban J connectivity index is 3.23. The summed E-state index contributed by atoms with van der Waals surface area (Å²) in [4.78, 5) is 0. The van der Waals surface area contributed by atoms with Gasteiger partial charge in [-0.3, -0.25) is 0 Å². The molecule has 0 spiro atoms. The molecule has 0 aliphatic rings. The predicted molar refractivity (Wildman–Crippen MR) is 48.6 cm³/mol. The van der Waals surface area contributed by atoms with Gasteiger partial charge in [0, 0.05) is 5.56 Å². The number of phenolic OH excluding ortho intramolecular Hbond substituents is 1. The van der Waals surface area contributed by atoms with E-state index in [4.69, 9.17) is 15.6 Å². The first kappa shape index (κ1) is 10.7. The van der Waals surface area contributed by atoms with Crippen LogP contribution in [0.2, 0.25) is 0 Å². The summed E-state index contributed by atoms with van der Waals surface area (Å²) >= 11 is 0. The largest absolute Gasteiger partial charge is 0.502 e. The highest BCUT2D eigenvalue weighted by molar-refractivity contribution is 5.48. The SMILES string of the molecule is COc1c(C(N)CO)ccc(F)c1O. The first-order valence-corrected chi connectivity index (χ1v) is 4.03. The van der Waals surface area contributed by atoms with Gasteiger partial charge >= 0.3 is 0 Å². The molecule has 0 fully saturated rings. The maximum atomic E-state index is 12.9. The molecule has 0 radical (unpaired) electrons. The minimum Gasteiger partial charge on any atom is -0.502 e. The van der Waals surface area contributed by atoms with Crippen LogP contribution in [-0.2, 0) is 0 Å². The highest BCUT2D eigenvalue weighted by Gasteiger charge is 2.17. The number of methoxy groups -OCH3 is 1. The quantitative estimate of drug-likeness (QED) is 0.666. The number of aliphatic hydroxyl groups excluding tert-OH is 1. The van der Waals surface area contributed by atoms with E-state index < -0.39 is 17.6 Å². The van der Waals surface area contributed by atoms with Crippen LogP contribution in [0.1, 0.15) is 11.6 Å². The Labute approximate surface area is 80.7 Å². The maximum absolute atomic E-state index is 12.9. The van der Waals surface area contributed by atoms with E-state index in [2.05, 4.69) is 0 Å². The number of ether oxygens (including phenoxy) is 1.